The SMILES string of the molecule is C#CCNCC(=O)NC[C@@H](C)O. The first kappa shape index (κ1) is 11.0. The fraction of sp³-hybridized carbons (Fsp3) is 0.625. The number of terminal acetylenes is 1. The van der Waals surface area contributed by atoms with Crippen molar-refractivity contribution in [3.8, 4) is 12.3 Å². The zero-order chi connectivity index (χ0) is 9.40. The van der Waals surface area contributed by atoms with E-state index in [2.05, 4.69) is 16.6 Å². The molecule has 0 unspecified atom stereocenters. The summed E-state index contributed by atoms with van der Waals surface area (Å²) in [7, 11) is 0. The van der Waals surface area contributed by atoms with Crippen LogP contribution in [-0.4, -0.2) is 36.8 Å². The van der Waals surface area contributed by atoms with Crippen molar-refractivity contribution in [3.63, 3.8) is 0 Å². The van der Waals surface area contributed by atoms with Crippen molar-refractivity contribution in [2.75, 3.05) is 19.6 Å². The zero-order valence-electron chi connectivity index (χ0n) is 7.13. The third-order valence-corrected chi connectivity index (χ3v) is 1.11. The fourth-order valence-electron chi connectivity index (χ4n) is 0.572. The Morgan fingerprint density at radius 2 is 2.42 bits per heavy atom. The lowest BCUT2D eigenvalue weighted by atomic mass is 10.4. The Morgan fingerprint density at radius 3 is 2.92 bits per heavy atom. The molecule has 0 aliphatic rings. The minimum atomic E-state index is -0.512. The van der Waals surface area contributed by atoms with Crippen LogP contribution in [0, 0.1) is 12.3 Å². The summed E-state index contributed by atoms with van der Waals surface area (Å²) in [6.07, 6.45) is 4.44. The van der Waals surface area contributed by atoms with Gasteiger partial charge in [-0.05, 0) is 6.92 Å². The normalized spacial score (nSPS) is 11.8. The smallest absolute Gasteiger partial charge is 0.234 e. The van der Waals surface area contributed by atoms with Crippen LogP contribution in [0.4, 0.5) is 0 Å². The second-order valence-electron chi connectivity index (χ2n) is 2.46. The van der Waals surface area contributed by atoms with Crippen LogP contribution in [0.15, 0.2) is 0 Å². The van der Waals surface area contributed by atoms with Gasteiger partial charge in [-0.15, -0.1) is 6.42 Å². The van der Waals surface area contributed by atoms with Gasteiger partial charge >= 0.3 is 0 Å². The first-order chi connectivity index (χ1) is 5.66. The first-order valence-electron chi connectivity index (χ1n) is 3.75. The highest BCUT2D eigenvalue weighted by Gasteiger charge is 2.00. The highest BCUT2D eigenvalue weighted by molar-refractivity contribution is 5.77. The van der Waals surface area contributed by atoms with E-state index in [9.17, 15) is 4.79 Å². The number of amides is 1. The molecule has 0 aromatic carbocycles. The van der Waals surface area contributed by atoms with Crippen molar-refractivity contribution in [2.45, 2.75) is 13.0 Å². The largest absolute Gasteiger partial charge is 0.392 e. The quantitative estimate of drug-likeness (QED) is 0.355. The van der Waals surface area contributed by atoms with Crippen LogP contribution in [0.2, 0.25) is 0 Å². The molecule has 0 aliphatic carbocycles. The molecule has 0 aliphatic heterocycles. The Balaban J connectivity index is 3.29. The van der Waals surface area contributed by atoms with E-state index in [0.717, 1.165) is 0 Å². The van der Waals surface area contributed by atoms with E-state index in [4.69, 9.17) is 11.5 Å². The van der Waals surface area contributed by atoms with Crippen LogP contribution < -0.4 is 10.6 Å². The van der Waals surface area contributed by atoms with E-state index in [1.165, 1.54) is 0 Å². The van der Waals surface area contributed by atoms with Crippen LogP contribution >= 0.6 is 0 Å². The molecule has 0 aromatic heterocycles. The average Bonchev–Trinajstić information content (AvgIpc) is 2.01. The van der Waals surface area contributed by atoms with Gasteiger partial charge in [0.05, 0.1) is 19.2 Å². The highest BCUT2D eigenvalue weighted by atomic mass is 16.3. The fourth-order valence-corrected chi connectivity index (χ4v) is 0.572. The average molecular weight is 170 g/mol. The van der Waals surface area contributed by atoms with Crippen molar-refractivity contribution in [3.05, 3.63) is 0 Å². The minimum absolute atomic E-state index is 0.161. The number of hydrogen-bond acceptors (Lipinski definition) is 3. The van der Waals surface area contributed by atoms with Gasteiger partial charge in [0.1, 0.15) is 0 Å². The van der Waals surface area contributed by atoms with E-state index in [0.29, 0.717) is 6.54 Å². The molecule has 1 atom stereocenters. The van der Waals surface area contributed by atoms with Crippen molar-refractivity contribution < 1.29 is 9.90 Å². The minimum Gasteiger partial charge on any atom is -0.392 e. The zero-order valence-corrected chi connectivity index (χ0v) is 7.13. The van der Waals surface area contributed by atoms with Gasteiger partial charge < -0.3 is 10.4 Å². The van der Waals surface area contributed by atoms with E-state index in [1.807, 2.05) is 0 Å². The molecule has 0 heterocycles. The molecular weight excluding hydrogens is 156 g/mol. The monoisotopic (exact) mass is 170 g/mol. The van der Waals surface area contributed by atoms with E-state index >= 15 is 0 Å². The van der Waals surface area contributed by atoms with Crippen LogP contribution in [0.5, 0.6) is 0 Å². The molecule has 68 valence electrons. The standard InChI is InChI=1S/C8H14N2O2/c1-3-4-9-6-8(12)10-5-7(2)11/h1,7,9,11H,4-6H2,2H3,(H,10,12)/t7-/m1/s1. The lowest BCUT2D eigenvalue weighted by Gasteiger charge is -2.06. The summed E-state index contributed by atoms with van der Waals surface area (Å²) in [5.41, 5.74) is 0. The number of aliphatic hydroxyl groups is 1. The second kappa shape index (κ2) is 6.65. The van der Waals surface area contributed by atoms with Crippen molar-refractivity contribution in [1.29, 1.82) is 0 Å². The highest BCUT2D eigenvalue weighted by Crippen LogP contribution is 1.74. The van der Waals surface area contributed by atoms with Crippen molar-refractivity contribution >= 4 is 5.91 Å². The van der Waals surface area contributed by atoms with Crippen molar-refractivity contribution in [2.24, 2.45) is 0 Å². The van der Waals surface area contributed by atoms with Crippen molar-refractivity contribution in [1.82, 2.24) is 10.6 Å². The number of rotatable bonds is 5. The summed E-state index contributed by atoms with van der Waals surface area (Å²) in [5, 5.41) is 14.1. The number of aliphatic hydroxyl groups excluding tert-OH is 1. The summed E-state index contributed by atoms with van der Waals surface area (Å²) < 4.78 is 0. The van der Waals surface area contributed by atoms with Gasteiger partial charge in [-0.2, -0.15) is 0 Å². The molecule has 0 aromatic rings. The number of carbonyl (C=O) groups is 1. The molecule has 0 saturated carbocycles. The van der Waals surface area contributed by atoms with Crippen LogP contribution in [0.1, 0.15) is 6.92 Å². The second-order valence-corrected chi connectivity index (χ2v) is 2.46. The molecule has 0 fully saturated rings. The third kappa shape index (κ3) is 7.06. The molecule has 0 bridgehead atoms. The summed E-state index contributed by atoms with van der Waals surface area (Å²) in [6.45, 7) is 2.45. The summed E-state index contributed by atoms with van der Waals surface area (Å²) in [4.78, 5) is 10.9. The molecule has 1 amide bonds. The molecule has 3 N–H and O–H groups in total. The summed E-state index contributed by atoms with van der Waals surface area (Å²) in [5.74, 6) is 2.19. The van der Waals surface area contributed by atoms with Gasteiger partial charge in [0, 0.05) is 6.54 Å². The third-order valence-electron chi connectivity index (χ3n) is 1.11. The number of carbonyl (C=O) groups excluding carboxylic acids is 1. The van der Waals surface area contributed by atoms with E-state index < -0.39 is 6.10 Å². The van der Waals surface area contributed by atoms with Crippen LogP contribution in [-0.2, 0) is 4.79 Å². The van der Waals surface area contributed by atoms with Gasteiger partial charge in [0.15, 0.2) is 0 Å². The molecule has 0 spiro atoms. The molecular formula is C8H14N2O2. The molecule has 4 heteroatoms. The Morgan fingerprint density at radius 1 is 1.75 bits per heavy atom. The van der Waals surface area contributed by atoms with Crippen LogP contribution in [0.3, 0.4) is 0 Å². The number of nitrogens with one attached hydrogen (secondary N) is 2. The Kier molecular flexibility index (Phi) is 6.07. The molecule has 4 nitrogen and oxygen atoms in total. The lowest BCUT2D eigenvalue weighted by Crippen LogP contribution is -2.37. The van der Waals surface area contributed by atoms with Gasteiger partial charge in [-0.25, -0.2) is 0 Å². The Bertz CT molecular complexity index is 172. The Hall–Kier alpha value is -1.05. The molecule has 0 radical (unpaired) electrons. The van der Waals surface area contributed by atoms with Crippen LogP contribution in [0.25, 0.3) is 0 Å². The van der Waals surface area contributed by atoms with Gasteiger partial charge in [0.2, 0.25) is 5.91 Å². The van der Waals surface area contributed by atoms with E-state index in [1.54, 1.807) is 6.92 Å². The van der Waals surface area contributed by atoms with Gasteiger partial charge in [-0.3, -0.25) is 10.1 Å². The maximum Gasteiger partial charge on any atom is 0.234 e. The maximum atomic E-state index is 10.9. The number of hydrogen-bond donors (Lipinski definition) is 3. The summed E-state index contributed by atoms with van der Waals surface area (Å²) in [6, 6.07) is 0. The molecule has 0 rings (SSSR count). The molecule has 12 heavy (non-hydrogen) atoms. The topological polar surface area (TPSA) is 61.4 Å². The van der Waals surface area contributed by atoms with E-state index in [-0.39, 0.29) is 19.0 Å². The van der Waals surface area contributed by atoms with Gasteiger partial charge in [-0.1, -0.05) is 5.92 Å². The predicted molar refractivity (Wildman–Crippen MR) is 46.4 cm³/mol. The lowest BCUT2D eigenvalue weighted by molar-refractivity contribution is -0.120. The Labute approximate surface area is 72.3 Å². The maximum absolute atomic E-state index is 10.9. The predicted octanol–water partition coefficient (Wildman–Crippen LogP) is -1.29. The van der Waals surface area contributed by atoms with Gasteiger partial charge in [0.25, 0.3) is 0 Å². The first-order valence-corrected chi connectivity index (χ1v) is 3.75. The molecule has 0 saturated heterocycles. The summed E-state index contributed by atoms with van der Waals surface area (Å²) >= 11 is 0.